The molecule has 0 spiro atoms. The number of furan rings is 1. The normalized spacial score (nSPS) is 9.40. The lowest BCUT2D eigenvalue weighted by atomic mass is 10.3. The number of hydrogen-bond donors (Lipinski definition) is 2. The van der Waals surface area contributed by atoms with E-state index in [1.807, 2.05) is 0 Å². The highest BCUT2D eigenvalue weighted by atomic mass is 32.1. The summed E-state index contributed by atoms with van der Waals surface area (Å²) < 4.78 is 7.03. The number of carbonyl (C=O) groups is 1. The van der Waals surface area contributed by atoms with E-state index in [4.69, 9.17) is 4.42 Å². The summed E-state index contributed by atoms with van der Waals surface area (Å²) in [7, 11) is 0. The topological polar surface area (TPSA) is 42.2 Å². The van der Waals surface area contributed by atoms with E-state index in [0.29, 0.717) is 5.76 Å². The first-order valence-electron chi connectivity index (χ1n) is 2.74. The second-order valence-corrected chi connectivity index (χ2v) is 2.10. The van der Waals surface area contributed by atoms with Gasteiger partial charge in [0.15, 0.2) is 5.76 Å². The van der Waals surface area contributed by atoms with Crippen LogP contribution in [0.1, 0.15) is 16.1 Å². The minimum absolute atomic E-state index is 0.314. The molecule has 0 aromatic carbocycles. The highest BCUT2D eigenvalue weighted by Gasteiger charge is 2.09. The summed E-state index contributed by atoms with van der Waals surface area (Å²) in [6, 6.07) is 1.72. The molecule has 1 amide bonds. The molecule has 0 aliphatic carbocycles. The van der Waals surface area contributed by atoms with Crippen molar-refractivity contribution >= 4 is 18.7 Å². The molecule has 3 nitrogen and oxygen atoms in total. The predicted molar refractivity (Wildman–Crippen MR) is 39.9 cm³/mol. The molecule has 0 aliphatic rings. The van der Waals surface area contributed by atoms with Crippen molar-refractivity contribution in [3.05, 3.63) is 23.7 Å². The molecule has 1 N–H and O–H groups in total. The Bertz CT molecular complexity index is 244. The number of amides is 1. The molecule has 0 atom stereocenters. The maximum atomic E-state index is 10.8. The number of carbonyl (C=O) groups excluding carboxylic acids is 1. The SMILES string of the molecule is Cc1ccoc1C(=O)NS. The van der Waals surface area contributed by atoms with Gasteiger partial charge in [-0.25, -0.2) is 0 Å². The fraction of sp³-hybridized carbons (Fsp3) is 0.167. The second-order valence-electron chi connectivity index (χ2n) is 1.87. The van der Waals surface area contributed by atoms with Crippen LogP contribution in [0, 0.1) is 6.92 Å². The third-order valence-corrected chi connectivity index (χ3v) is 1.37. The van der Waals surface area contributed by atoms with Crippen molar-refractivity contribution in [1.29, 1.82) is 0 Å². The molecule has 0 unspecified atom stereocenters. The van der Waals surface area contributed by atoms with Gasteiger partial charge >= 0.3 is 0 Å². The van der Waals surface area contributed by atoms with E-state index in [0.717, 1.165) is 5.56 Å². The number of rotatable bonds is 1. The van der Waals surface area contributed by atoms with Crippen LogP contribution in [-0.4, -0.2) is 5.91 Å². The van der Waals surface area contributed by atoms with Crippen molar-refractivity contribution in [2.24, 2.45) is 0 Å². The molecule has 0 fully saturated rings. The van der Waals surface area contributed by atoms with Crippen molar-refractivity contribution in [1.82, 2.24) is 4.72 Å². The lowest BCUT2D eigenvalue weighted by Gasteiger charge is -1.92. The Morgan fingerprint density at radius 3 is 2.90 bits per heavy atom. The first-order chi connectivity index (χ1) is 4.75. The summed E-state index contributed by atoms with van der Waals surface area (Å²) in [5.74, 6) is 0.000772. The molecule has 54 valence electrons. The van der Waals surface area contributed by atoms with Gasteiger partial charge in [0.05, 0.1) is 6.26 Å². The molecule has 1 heterocycles. The zero-order valence-electron chi connectivity index (χ0n) is 5.42. The molecule has 0 saturated carbocycles. The van der Waals surface area contributed by atoms with Crippen LogP contribution in [0.15, 0.2) is 16.7 Å². The smallest absolute Gasteiger partial charge is 0.296 e. The van der Waals surface area contributed by atoms with E-state index in [-0.39, 0.29) is 5.91 Å². The summed E-state index contributed by atoms with van der Waals surface area (Å²) >= 11 is 3.59. The Morgan fingerprint density at radius 1 is 1.80 bits per heavy atom. The van der Waals surface area contributed by atoms with Crippen molar-refractivity contribution in [2.45, 2.75) is 6.92 Å². The number of hydrogen-bond acceptors (Lipinski definition) is 3. The zero-order chi connectivity index (χ0) is 7.56. The highest BCUT2D eigenvalue weighted by Crippen LogP contribution is 2.07. The quantitative estimate of drug-likeness (QED) is 0.601. The van der Waals surface area contributed by atoms with Crippen LogP contribution in [0.3, 0.4) is 0 Å². The number of nitrogens with one attached hydrogen (secondary N) is 1. The Labute approximate surface area is 64.0 Å². The third kappa shape index (κ3) is 1.16. The summed E-state index contributed by atoms with van der Waals surface area (Å²) in [4.78, 5) is 10.8. The van der Waals surface area contributed by atoms with Crippen LogP contribution in [-0.2, 0) is 0 Å². The average Bonchev–Trinajstić information content (AvgIpc) is 2.34. The minimum Gasteiger partial charge on any atom is -0.459 e. The average molecular weight is 157 g/mol. The molecule has 1 aromatic heterocycles. The minimum atomic E-state index is -0.314. The van der Waals surface area contributed by atoms with Gasteiger partial charge in [0.1, 0.15) is 0 Å². The largest absolute Gasteiger partial charge is 0.459 e. The van der Waals surface area contributed by atoms with Crippen molar-refractivity contribution in [3.8, 4) is 0 Å². The van der Waals surface area contributed by atoms with Crippen molar-refractivity contribution in [2.75, 3.05) is 0 Å². The standard InChI is InChI=1S/C6H7NO2S/c1-4-2-3-9-5(4)6(8)7-10/h2-3,10H,1H3,(H,7,8). The molecule has 0 saturated heterocycles. The third-order valence-electron chi connectivity index (χ3n) is 1.17. The number of aryl methyl sites for hydroxylation is 1. The van der Waals surface area contributed by atoms with Gasteiger partial charge in [-0.15, -0.1) is 0 Å². The molecule has 1 rings (SSSR count). The Morgan fingerprint density at radius 2 is 2.50 bits per heavy atom. The van der Waals surface area contributed by atoms with E-state index in [1.54, 1.807) is 13.0 Å². The summed E-state index contributed by atoms with van der Waals surface area (Å²) in [5.41, 5.74) is 0.812. The van der Waals surface area contributed by atoms with Crippen LogP contribution >= 0.6 is 12.8 Å². The van der Waals surface area contributed by atoms with E-state index in [9.17, 15) is 4.79 Å². The maximum absolute atomic E-state index is 10.8. The van der Waals surface area contributed by atoms with Crippen LogP contribution in [0.5, 0.6) is 0 Å². The lowest BCUT2D eigenvalue weighted by molar-refractivity contribution is 0.0957. The van der Waals surface area contributed by atoms with Gasteiger partial charge in [-0.3, -0.25) is 9.52 Å². The molecule has 10 heavy (non-hydrogen) atoms. The van der Waals surface area contributed by atoms with E-state index in [1.165, 1.54) is 6.26 Å². The maximum Gasteiger partial charge on any atom is 0.296 e. The predicted octanol–water partition coefficient (Wildman–Crippen LogP) is 1.16. The van der Waals surface area contributed by atoms with Crippen molar-refractivity contribution < 1.29 is 9.21 Å². The van der Waals surface area contributed by atoms with Gasteiger partial charge in [0.25, 0.3) is 5.91 Å². The summed E-state index contributed by atoms with van der Waals surface area (Å²) in [6.07, 6.45) is 1.47. The van der Waals surface area contributed by atoms with E-state index < -0.39 is 0 Å². The van der Waals surface area contributed by atoms with Gasteiger partial charge in [-0.05, 0) is 13.0 Å². The van der Waals surface area contributed by atoms with Crippen LogP contribution in [0.2, 0.25) is 0 Å². The number of thiol groups is 1. The van der Waals surface area contributed by atoms with Gasteiger partial charge in [-0.2, -0.15) is 0 Å². The first kappa shape index (κ1) is 7.21. The van der Waals surface area contributed by atoms with E-state index in [2.05, 4.69) is 17.5 Å². The van der Waals surface area contributed by atoms with Gasteiger partial charge in [0.2, 0.25) is 0 Å². The fourth-order valence-electron chi connectivity index (χ4n) is 0.656. The van der Waals surface area contributed by atoms with E-state index >= 15 is 0 Å². The monoisotopic (exact) mass is 157 g/mol. The van der Waals surface area contributed by atoms with Crippen molar-refractivity contribution in [3.63, 3.8) is 0 Å². The zero-order valence-corrected chi connectivity index (χ0v) is 6.31. The molecule has 4 heteroatoms. The molecule has 1 aromatic rings. The second kappa shape index (κ2) is 2.79. The van der Waals surface area contributed by atoms with Crippen LogP contribution < -0.4 is 4.72 Å². The molecule has 0 aliphatic heterocycles. The van der Waals surface area contributed by atoms with Gasteiger partial charge in [-0.1, -0.05) is 12.8 Å². The molecular formula is C6H7NO2S. The first-order valence-corrected chi connectivity index (χ1v) is 3.19. The fourth-order valence-corrected chi connectivity index (χ4v) is 0.758. The van der Waals surface area contributed by atoms with Crippen LogP contribution in [0.25, 0.3) is 0 Å². The Balaban J connectivity index is 2.93. The molecular weight excluding hydrogens is 150 g/mol. The lowest BCUT2D eigenvalue weighted by Crippen LogP contribution is -2.12. The Hall–Kier alpha value is -0.900. The van der Waals surface area contributed by atoms with Crippen LogP contribution in [0.4, 0.5) is 0 Å². The Kier molecular flexibility index (Phi) is 2.01. The molecule has 0 radical (unpaired) electrons. The summed E-state index contributed by atoms with van der Waals surface area (Å²) in [5, 5.41) is 0. The molecule has 0 bridgehead atoms. The highest BCUT2D eigenvalue weighted by molar-refractivity contribution is 7.78. The van der Waals surface area contributed by atoms with Gasteiger partial charge in [0, 0.05) is 5.56 Å². The summed E-state index contributed by atoms with van der Waals surface area (Å²) in [6.45, 7) is 1.79. The van der Waals surface area contributed by atoms with Gasteiger partial charge < -0.3 is 4.42 Å².